The SMILES string of the molecule is CC[C@H]1CN(C(=O)[C@]2(F)CN([C@H]3CC[C@H](C)CC3)C[C@H]2c2ccc(OC)cc2)C[C@@H]1c1ccc(C(F)(F)F)cc1N1CCC(C(N)=O)CC1. The van der Waals surface area contributed by atoms with Crippen LogP contribution in [0.4, 0.5) is 23.2 Å². The van der Waals surface area contributed by atoms with Gasteiger partial charge >= 0.3 is 6.18 Å². The minimum atomic E-state index is -4.53. The third-order valence-electron chi connectivity index (χ3n) is 12.0. The minimum absolute atomic E-state index is 0.0277. The van der Waals surface area contributed by atoms with Crippen molar-refractivity contribution < 1.29 is 31.9 Å². The number of hydrogen-bond acceptors (Lipinski definition) is 5. The van der Waals surface area contributed by atoms with Gasteiger partial charge in [0.2, 0.25) is 11.6 Å². The summed E-state index contributed by atoms with van der Waals surface area (Å²) in [5, 5.41) is 0. The molecule has 268 valence electrons. The molecule has 4 atom stereocenters. The lowest BCUT2D eigenvalue weighted by Gasteiger charge is -2.35. The molecule has 2 aromatic carbocycles. The molecule has 0 spiro atoms. The Hall–Kier alpha value is -3.34. The Labute approximate surface area is 287 Å². The van der Waals surface area contributed by atoms with E-state index in [0.717, 1.165) is 42.9 Å². The highest BCUT2D eigenvalue weighted by molar-refractivity contribution is 5.88. The summed E-state index contributed by atoms with van der Waals surface area (Å²) in [6.07, 6.45) is 1.23. The lowest BCUT2D eigenvalue weighted by molar-refractivity contribution is -0.143. The van der Waals surface area contributed by atoms with Crippen molar-refractivity contribution in [2.24, 2.45) is 23.5 Å². The number of nitrogens with zero attached hydrogens (tertiary/aromatic N) is 3. The fourth-order valence-corrected chi connectivity index (χ4v) is 8.94. The highest BCUT2D eigenvalue weighted by Crippen LogP contribution is 2.47. The number of benzene rings is 2. The lowest BCUT2D eigenvalue weighted by Crippen LogP contribution is -2.50. The number of primary amides is 1. The summed E-state index contributed by atoms with van der Waals surface area (Å²) in [4.78, 5) is 32.1. The van der Waals surface area contributed by atoms with E-state index in [1.54, 1.807) is 18.1 Å². The molecule has 6 rings (SSSR count). The molecule has 2 aromatic rings. The van der Waals surface area contributed by atoms with Crippen LogP contribution in [0.15, 0.2) is 42.5 Å². The standard InChI is InChI=1S/C38H50F4N4O3/c1-4-25-20-45(21-32(25)31-14-9-28(38(40,41)42)19-34(31)44-17-15-27(16-18-44)35(43)47)36(48)37(39)23-46(29-10-5-24(2)6-11-29)22-33(37)26-7-12-30(49-3)13-8-26/h7-9,12-14,19,24-25,27,29,32-33H,4-6,10-11,15-18,20-23H2,1-3H3,(H2,43,47)/t24-,25-,29-,32-,33-,37-/m0/s1. The monoisotopic (exact) mass is 686 g/mol. The molecule has 0 bridgehead atoms. The highest BCUT2D eigenvalue weighted by Gasteiger charge is 2.57. The number of anilines is 1. The normalized spacial score (nSPS) is 30.1. The van der Waals surface area contributed by atoms with Crippen molar-refractivity contribution in [3.05, 3.63) is 59.2 Å². The predicted molar refractivity (Wildman–Crippen MR) is 181 cm³/mol. The van der Waals surface area contributed by atoms with Crippen molar-refractivity contribution in [2.45, 2.75) is 88.5 Å². The lowest BCUT2D eigenvalue weighted by atomic mass is 9.84. The number of methoxy groups -OCH3 is 1. The molecular formula is C38H50F4N4O3. The molecule has 1 saturated carbocycles. The van der Waals surface area contributed by atoms with E-state index in [1.165, 1.54) is 6.07 Å². The van der Waals surface area contributed by atoms with Gasteiger partial charge in [0.15, 0.2) is 0 Å². The van der Waals surface area contributed by atoms with E-state index in [9.17, 15) is 22.8 Å². The molecule has 11 heteroatoms. The first-order chi connectivity index (χ1) is 23.3. The topological polar surface area (TPSA) is 79.1 Å². The molecule has 2 amide bonds. The van der Waals surface area contributed by atoms with Crippen LogP contribution in [0, 0.1) is 17.8 Å². The number of alkyl halides is 4. The molecule has 3 saturated heterocycles. The fraction of sp³-hybridized carbons (Fsp3) is 0.632. The van der Waals surface area contributed by atoms with Crippen LogP contribution in [0.3, 0.4) is 0 Å². The van der Waals surface area contributed by atoms with Crippen LogP contribution < -0.4 is 15.4 Å². The maximum atomic E-state index is 17.8. The predicted octanol–water partition coefficient (Wildman–Crippen LogP) is 6.75. The molecule has 4 aliphatic rings. The number of carbonyl (C=O) groups is 2. The van der Waals surface area contributed by atoms with Crippen molar-refractivity contribution in [3.63, 3.8) is 0 Å². The van der Waals surface area contributed by atoms with Gasteiger partial charge in [0, 0.05) is 68.8 Å². The summed E-state index contributed by atoms with van der Waals surface area (Å²) >= 11 is 0. The van der Waals surface area contributed by atoms with Crippen LogP contribution in [0.1, 0.15) is 87.3 Å². The van der Waals surface area contributed by atoms with Crippen molar-refractivity contribution in [1.82, 2.24) is 9.80 Å². The molecule has 4 fully saturated rings. The summed E-state index contributed by atoms with van der Waals surface area (Å²) in [6.45, 7) is 6.12. The van der Waals surface area contributed by atoms with Crippen LogP contribution in [0.5, 0.6) is 5.75 Å². The van der Waals surface area contributed by atoms with Crippen LogP contribution in [0.2, 0.25) is 0 Å². The van der Waals surface area contributed by atoms with Crippen LogP contribution >= 0.6 is 0 Å². The minimum Gasteiger partial charge on any atom is -0.497 e. The Morgan fingerprint density at radius 2 is 1.63 bits per heavy atom. The Balaban J connectivity index is 1.29. The van der Waals surface area contributed by atoms with Gasteiger partial charge in [-0.3, -0.25) is 14.5 Å². The molecule has 0 aromatic heterocycles. The second-order valence-corrected chi connectivity index (χ2v) is 15.0. The van der Waals surface area contributed by atoms with E-state index in [2.05, 4.69) is 11.8 Å². The highest BCUT2D eigenvalue weighted by atomic mass is 19.4. The number of halogens is 4. The Kier molecular flexibility index (Phi) is 10.2. The van der Waals surface area contributed by atoms with Gasteiger partial charge in [0.25, 0.3) is 5.91 Å². The maximum Gasteiger partial charge on any atom is 0.416 e. The van der Waals surface area contributed by atoms with Gasteiger partial charge in [-0.05, 0) is 85.8 Å². The molecule has 0 radical (unpaired) electrons. The Bertz CT molecular complexity index is 1490. The first-order valence-corrected chi connectivity index (χ1v) is 17.9. The number of piperidine rings is 1. The molecular weight excluding hydrogens is 636 g/mol. The van der Waals surface area contributed by atoms with E-state index in [4.69, 9.17) is 10.5 Å². The van der Waals surface area contributed by atoms with Crippen LogP contribution in [-0.4, -0.2) is 79.7 Å². The van der Waals surface area contributed by atoms with Crippen molar-refractivity contribution in [3.8, 4) is 5.75 Å². The number of likely N-dealkylation sites (tertiary alicyclic amines) is 2. The molecule has 3 heterocycles. The number of nitrogens with two attached hydrogens (primary N) is 1. The summed E-state index contributed by atoms with van der Waals surface area (Å²) in [5.41, 5.74) is 4.61. The van der Waals surface area contributed by atoms with Crippen LogP contribution in [0.25, 0.3) is 0 Å². The zero-order valence-electron chi connectivity index (χ0n) is 28.9. The van der Waals surface area contributed by atoms with Crippen LogP contribution in [-0.2, 0) is 15.8 Å². The summed E-state index contributed by atoms with van der Waals surface area (Å²) in [7, 11) is 1.58. The van der Waals surface area contributed by atoms with Gasteiger partial charge in [-0.25, -0.2) is 4.39 Å². The third kappa shape index (κ3) is 7.14. The fourth-order valence-electron chi connectivity index (χ4n) is 8.94. The van der Waals surface area contributed by atoms with Crippen molar-refractivity contribution >= 4 is 17.5 Å². The number of hydrogen-bond donors (Lipinski definition) is 1. The van der Waals surface area contributed by atoms with E-state index in [0.29, 0.717) is 62.8 Å². The van der Waals surface area contributed by atoms with Gasteiger partial charge in [0.1, 0.15) is 5.75 Å². The van der Waals surface area contributed by atoms with Gasteiger partial charge in [0.05, 0.1) is 12.7 Å². The zero-order valence-corrected chi connectivity index (χ0v) is 28.9. The average Bonchev–Trinajstić information content (AvgIpc) is 3.69. The molecule has 1 aliphatic carbocycles. The summed E-state index contributed by atoms with van der Waals surface area (Å²) in [6, 6.07) is 11.4. The zero-order chi connectivity index (χ0) is 35.1. The van der Waals surface area contributed by atoms with Gasteiger partial charge in [-0.2, -0.15) is 13.2 Å². The smallest absolute Gasteiger partial charge is 0.416 e. The second kappa shape index (κ2) is 14.1. The summed E-state index contributed by atoms with van der Waals surface area (Å²) < 4.78 is 65.0. The van der Waals surface area contributed by atoms with Crippen molar-refractivity contribution in [2.75, 3.05) is 51.3 Å². The van der Waals surface area contributed by atoms with E-state index >= 15 is 4.39 Å². The van der Waals surface area contributed by atoms with Gasteiger partial charge < -0.3 is 20.3 Å². The maximum absolute atomic E-state index is 17.8. The Morgan fingerprint density at radius 1 is 0.959 bits per heavy atom. The average molecular weight is 687 g/mol. The first-order valence-electron chi connectivity index (χ1n) is 17.9. The summed E-state index contributed by atoms with van der Waals surface area (Å²) in [5.74, 6) is -0.898. The molecule has 49 heavy (non-hydrogen) atoms. The molecule has 2 N–H and O–H groups in total. The third-order valence-corrected chi connectivity index (χ3v) is 12.0. The number of amides is 2. The first kappa shape index (κ1) is 35.5. The second-order valence-electron chi connectivity index (χ2n) is 15.0. The van der Waals surface area contributed by atoms with Crippen molar-refractivity contribution in [1.29, 1.82) is 0 Å². The number of carbonyl (C=O) groups excluding carboxylic acids is 2. The van der Waals surface area contributed by atoms with E-state index < -0.39 is 35.1 Å². The number of rotatable bonds is 8. The Morgan fingerprint density at radius 3 is 2.22 bits per heavy atom. The largest absolute Gasteiger partial charge is 0.497 e. The number of ether oxygens (including phenoxy) is 1. The van der Waals surface area contributed by atoms with Gasteiger partial charge in [-0.15, -0.1) is 0 Å². The van der Waals surface area contributed by atoms with E-state index in [-0.39, 0.29) is 36.9 Å². The van der Waals surface area contributed by atoms with Gasteiger partial charge in [-0.1, -0.05) is 38.5 Å². The molecule has 0 unspecified atom stereocenters. The molecule has 3 aliphatic heterocycles. The quantitative estimate of drug-likeness (QED) is 0.311. The van der Waals surface area contributed by atoms with E-state index in [1.807, 2.05) is 36.1 Å². The molecule has 7 nitrogen and oxygen atoms in total.